The minimum atomic E-state index is -0.440. The van der Waals surface area contributed by atoms with E-state index in [0.29, 0.717) is 11.5 Å². The number of hydrogen-bond acceptors (Lipinski definition) is 4. The van der Waals surface area contributed by atoms with Crippen molar-refractivity contribution in [3.63, 3.8) is 0 Å². The van der Waals surface area contributed by atoms with Crippen molar-refractivity contribution in [2.75, 3.05) is 7.11 Å². The van der Waals surface area contributed by atoms with Gasteiger partial charge < -0.3 is 9.15 Å². The minimum absolute atomic E-state index is 0.431. The van der Waals surface area contributed by atoms with Gasteiger partial charge >= 0.3 is 5.63 Å². The maximum atomic E-state index is 11.2. The summed E-state index contributed by atoms with van der Waals surface area (Å²) in [5.74, 6) is 0.905. The Balaban J connectivity index is 2.27. The lowest BCUT2D eigenvalue weighted by Crippen LogP contribution is -1.98. The molecule has 0 amide bonds. The van der Waals surface area contributed by atoms with Crippen LogP contribution in [0, 0.1) is 0 Å². The fourth-order valence-corrected chi connectivity index (χ4v) is 1.32. The van der Waals surface area contributed by atoms with E-state index in [4.69, 9.17) is 9.15 Å². The van der Waals surface area contributed by atoms with Crippen molar-refractivity contribution >= 4 is 12.2 Å². The second kappa shape index (κ2) is 5.12. The van der Waals surface area contributed by atoms with Gasteiger partial charge in [-0.3, -0.25) is 4.98 Å². The minimum Gasteiger partial charge on any atom is -0.496 e. The van der Waals surface area contributed by atoms with Gasteiger partial charge in [0.05, 0.1) is 18.9 Å². The molecule has 4 nitrogen and oxygen atoms in total. The predicted molar refractivity (Wildman–Crippen MR) is 64.7 cm³/mol. The van der Waals surface area contributed by atoms with Crippen LogP contribution in [0.1, 0.15) is 11.5 Å². The summed E-state index contributed by atoms with van der Waals surface area (Å²) in [4.78, 5) is 15.3. The first-order valence-electron chi connectivity index (χ1n) is 5.06. The van der Waals surface area contributed by atoms with E-state index in [2.05, 4.69) is 4.98 Å². The number of methoxy groups -OCH3 is 1. The molecule has 0 atom stereocenters. The smallest absolute Gasteiger partial charge is 0.339 e. The Morgan fingerprint density at radius 3 is 2.88 bits per heavy atom. The number of hydrogen-bond donors (Lipinski definition) is 0. The molecule has 0 unspecified atom stereocenters. The highest BCUT2D eigenvalue weighted by atomic mass is 16.5. The van der Waals surface area contributed by atoms with Crippen molar-refractivity contribution < 1.29 is 9.15 Å². The van der Waals surface area contributed by atoms with Crippen molar-refractivity contribution in [3.8, 4) is 5.75 Å². The molecule has 4 heteroatoms. The first-order chi connectivity index (χ1) is 8.28. The van der Waals surface area contributed by atoms with Crippen LogP contribution in [0.4, 0.5) is 0 Å². The average Bonchev–Trinajstić information content (AvgIpc) is 2.37. The van der Waals surface area contributed by atoms with Crippen LogP contribution in [0.3, 0.4) is 0 Å². The molecule has 86 valence electrons. The molecule has 0 bridgehead atoms. The standard InChI is InChI=1S/C13H11NO3/c1-16-12-8-11(17-13(15)9-12)6-5-10-4-2-3-7-14-10/h2-9H,1H3/b6-5+. The second-order valence-electron chi connectivity index (χ2n) is 3.31. The van der Waals surface area contributed by atoms with Crippen LogP contribution in [-0.4, -0.2) is 12.1 Å². The zero-order chi connectivity index (χ0) is 12.1. The molecular weight excluding hydrogens is 218 g/mol. The molecule has 0 radical (unpaired) electrons. The lowest BCUT2D eigenvalue weighted by Gasteiger charge is -1.98. The molecule has 0 aliphatic heterocycles. The van der Waals surface area contributed by atoms with E-state index in [9.17, 15) is 4.79 Å². The molecule has 17 heavy (non-hydrogen) atoms. The van der Waals surface area contributed by atoms with Gasteiger partial charge in [0, 0.05) is 12.3 Å². The van der Waals surface area contributed by atoms with E-state index in [0.717, 1.165) is 5.69 Å². The molecular formula is C13H11NO3. The third kappa shape index (κ3) is 3.04. The fourth-order valence-electron chi connectivity index (χ4n) is 1.32. The third-order valence-electron chi connectivity index (χ3n) is 2.10. The molecule has 0 spiro atoms. The number of nitrogens with zero attached hydrogens (tertiary/aromatic N) is 1. The zero-order valence-corrected chi connectivity index (χ0v) is 9.29. The zero-order valence-electron chi connectivity index (χ0n) is 9.29. The summed E-state index contributed by atoms with van der Waals surface area (Å²) in [5, 5.41) is 0. The van der Waals surface area contributed by atoms with E-state index in [-0.39, 0.29) is 0 Å². The van der Waals surface area contributed by atoms with E-state index in [1.807, 2.05) is 18.2 Å². The molecule has 0 aliphatic rings. The van der Waals surface area contributed by atoms with Gasteiger partial charge in [-0.1, -0.05) is 6.07 Å². The normalized spacial score (nSPS) is 10.6. The van der Waals surface area contributed by atoms with Gasteiger partial charge in [-0.2, -0.15) is 0 Å². The highest BCUT2D eigenvalue weighted by Gasteiger charge is 1.98. The molecule has 0 N–H and O–H groups in total. The molecule has 2 heterocycles. The molecule has 0 saturated heterocycles. The summed E-state index contributed by atoms with van der Waals surface area (Å²) in [6, 6.07) is 8.51. The Morgan fingerprint density at radius 2 is 2.18 bits per heavy atom. The van der Waals surface area contributed by atoms with Crippen molar-refractivity contribution in [2.45, 2.75) is 0 Å². The summed E-state index contributed by atoms with van der Waals surface area (Å²) < 4.78 is 9.97. The van der Waals surface area contributed by atoms with Gasteiger partial charge in [-0.05, 0) is 24.3 Å². The molecule has 2 aromatic heterocycles. The van der Waals surface area contributed by atoms with Gasteiger partial charge in [0.15, 0.2) is 0 Å². The Bertz CT molecular complexity index is 573. The van der Waals surface area contributed by atoms with Crippen molar-refractivity contribution in [1.29, 1.82) is 0 Å². The van der Waals surface area contributed by atoms with Crippen molar-refractivity contribution in [1.82, 2.24) is 4.98 Å². The summed E-state index contributed by atoms with van der Waals surface area (Å²) >= 11 is 0. The van der Waals surface area contributed by atoms with Crippen LogP contribution in [0.5, 0.6) is 5.75 Å². The number of rotatable bonds is 3. The Morgan fingerprint density at radius 1 is 1.29 bits per heavy atom. The van der Waals surface area contributed by atoms with E-state index in [1.165, 1.54) is 13.2 Å². The van der Waals surface area contributed by atoms with E-state index in [1.54, 1.807) is 24.4 Å². The topological polar surface area (TPSA) is 52.3 Å². The Labute approximate surface area is 98.2 Å². The molecule has 2 aromatic rings. The van der Waals surface area contributed by atoms with Crippen LogP contribution >= 0.6 is 0 Å². The van der Waals surface area contributed by atoms with Crippen LogP contribution in [0.2, 0.25) is 0 Å². The molecule has 0 fully saturated rings. The van der Waals surface area contributed by atoms with Crippen LogP contribution in [-0.2, 0) is 0 Å². The summed E-state index contributed by atoms with van der Waals surface area (Å²) in [7, 11) is 1.50. The highest BCUT2D eigenvalue weighted by molar-refractivity contribution is 5.65. The maximum Gasteiger partial charge on any atom is 0.339 e. The second-order valence-corrected chi connectivity index (χ2v) is 3.31. The molecule has 0 aliphatic carbocycles. The molecule has 2 rings (SSSR count). The van der Waals surface area contributed by atoms with Gasteiger partial charge in [0.1, 0.15) is 11.5 Å². The maximum absolute atomic E-state index is 11.2. The Hall–Kier alpha value is -2.36. The molecule has 0 saturated carbocycles. The summed E-state index contributed by atoms with van der Waals surface area (Å²) in [5.41, 5.74) is 0.350. The van der Waals surface area contributed by atoms with Crippen LogP contribution in [0.25, 0.3) is 12.2 Å². The van der Waals surface area contributed by atoms with Crippen molar-refractivity contribution in [2.24, 2.45) is 0 Å². The van der Waals surface area contributed by atoms with E-state index < -0.39 is 5.63 Å². The SMILES string of the molecule is COc1cc(/C=C/c2ccccn2)oc(=O)c1. The lowest BCUT2D eigenvalue weighted by molar-refractivity contribution is 0.400. The first kappa shape index (κ1) is 11.1. The van der Waals surface area contributed by atoms with E-state index >= 15 is 0 Å². The Kier molecular flexibility index (Phi) is 3.35. The van der Waals surface area contributed by atoms with Gasteiger partial charge in [-0.25, -0.2) is 4.79 Å². The number of pyridine rings is 1. The first-order valence-corrected chi connectivity index (χ1v) is 5.06. The monoisotopic (exact) mass is 229 g/mol. The number of ether oxygens (including phenoxy) is 1. The quantitative estimate of drug-likeness (QED) is 0.809. The summed E-state index contributed by atoms with van der Waals surface area (Å²) in [6.07, 6.45) is 5.13. The average molecular weight is 229 g/mol. The van der Waals surface area contributed by atoms with Crippen molar-refractivity contribution in [3.05, 3.63) is 58.4 Å². The lowest BCUT2D eigenvalue weighted by atomic mass is 10.3. The molecule has 0 aromatic carbocycles. The van der Waals surface area contributed by atoms with Gasteiger partial charge in [-0.15, -0.1) is 0 Å². The third-order valence-corrected chi connectivity index (χ3v) is 2.10. The predicted octanol–water partition coefficient (Wildman–Crippen LogP) is 2.21. The largest absolute Gasteiger partial charge is 0.496 e. The number of aromatic nitrogens is 1. The van der Waals surface area contributed by atoms with Crippen LogP contribution < -0.4 is 10.4 Å². The highest BCUT2D eigenvalue weighted by Crippen LogP contribution is 2.11. The fraction of sp³-hybridized carbons (Fsp3) is 0.0769. The summed E-state index contributed by atoms with van der Waals surface area (Å²) in [6.45, 7) is 0. The van der Waals surface area contributed by atoms with Crippen LogP contribution in [0.15, 0.2) is 45.7 Å². The van der Waals surface area contributed by atoms with Gasteiger partial charge in [0.2, 0.25) is 0 Å². The van der Waals surface area contributed by atoms with Gasteiger partial charge in [0.25, 0.3) is 0 Å².